The Morgan fingerprint density at radius 1 is 1.62 bits per heavy atom. The van der Waals surface area contributed by atoms with Crippen LogP contribution in [0.25, 0.3) is 0 Å². The molecule has 1 aromatic heterocycles. The van der Waals surface area contributed by atoms with Crippen molar-refractivity contribution in [3.8, 4) is 0 Å². The largest absolute Gasteiger partial charge is 0.384 e. The molecule has 0 saturated heterocycles. The molecule has 72 valence electrons. The van der Waals surface area contributed by atoms with Crippen LogP contribution in [0.1, 0.15) is 20.3 Å². The molecule has 0 aliphatic heterocycles. The number of hydrogen-bond acceptors (Lipinski definition) is 4. The topological polar surface area (TPSA) is 55.0 Å². The maximum Gasteiger partial charge on any atom is 0.227 e. The third kappa shape index (κ3) is 2.31. The van der Waals surface area contributed by atoms with Crippen molar-refractivity contribution in [1.29, 1.82) is 0 Å². The van der Waals surface area contributed by atoms with E-state index in [4.69, 9.17) is 5.73 Å². The van der Waals surface area contributed by atoms with E-state index in [0.29, 0.717) is 17.8 Å². The summed E-state index contributed by atoms with van der Waals surface area (Å²) in [4.78, 5) is 10.3. The molecule has 1 rings (SSSR count). The normalized spacial score (nSPS) is 12.5. The van der Waals surface area contributed by atoms with Gasteiger partial charge in [0.15, 0.2) is 0 Å². The second kappa shape index (κ2) is 4.07. The molecule has 13 heavy (non-hydrogen) atoms. The molecule has 0 aliphatic carbocycles. The fraction of sp³-hybridized carbons (Fsp3) is 0.556. The number of anilines is 2. The van der Waals surface area contributed by atoms with Crippen LogP contribution in [-0.4, -0.2) is 23.1 Å². The second-order valence-corrected chi connectivity index (χ2v) is 3.15. The molecule has 0 saturated carbocycles. The van der Waals surface area contributed by atoms with Crippen LogP contribution in [0.3, 0.4) is 0 Å². The Hall–Kier alpha value is -1.32. The van der Waals surface area contributed by atoms with Gasteiger partial charge in [-0.3, -0.25) is 0 Å². The highest BCUT2D eigenvalue weighted by Gasteiger charge is 2.09. The zero-order valence-electron chi connectivity index (χ0n) is 8.36. The van der Waals surface area contributed by atoms with E-state index in [2.05, 4.69) is 23.8 Å². The first-order valence-corrected chi connectivity index (χ1v) is 4.46. The Kier molecular flexibility index (Phi) is 3.06. The van der Waals surface area contributed by atoms with Gasteiger partial charge >= 0.3 is 0 Å². The number of nitrogens with two attached hydrogens (primary N) is 1. The first-order valence-electron chi connectivity index (χ1n) is 4.46. The van der Waals surface area contributed by atoms with Gasteiger partial charge in [-0.25, -0.2) is 4.98 Å². The molecule has 4 nitrogen and oxygen atoms in total. The van der Waals surface area contributed by atoms with Crippen molar-refractivity contribution in [2.75, 3.05) is 17.7 Å². The SMILES string of the molecule is CCC(C)N(C)c1nccc(N)n1. The van der Waals surface area contributed by atoms with Crippen LogP contribution in [0.15, 0.2) is 12.3 Å². The Labute approximate surface area is 78.8 Å². The van der Waals surface area contributed by atoms with Gasteiger partial charge in [-0.15, -0.1) is 0 Å². The van der Waals surface area contributed by atoms with Crippen molar-refractivity contribution in [3.63, 3.8) is 0 Å². The number of nitrogen functional groups attached to an aromatic ring is 1. The summed E-state index contributed by atoms with van der Waals surface area (Å²) in [5.74, 6) is 1.20. The van der Waals surface area contributed by atoms with Gasteiger partial charge in [-0.1, -0.05) is 6.92 Å². The zero-order chi connectivity index (χ0) is 9.84. The van der Waals surface area contributed by atoms with E-state index in [1.165, 1.54) is 0 Å². The zero-order valence-corrected chi connectivity index (χ0v) is 8.36. The van der Waals surface area contributed by atoms with Crippen molar-refractivity contribution in [2.45, 2.75) is 26.3 Å². The summed E-state index contributed by atoms with van der Waals surface area (Å²) >= 11 is 0. The van der Waals surface area contributed by atoms with E-state index in [1.807, 2.05) is 11.9 Å². The molecule has 4 heteroatoms. The number of aromatic nitrogens is 2. The summed E-state index contributed by atoms with van der Waals surface area (Å²) in [6, 6.07) is 2.12. The summed E-state index contributed by atoms with van der Waals surface area (Å²) in [5.41, 5.74) is 5.56. The number of hydrogen-bond donors (Lipinski definition) is 1. The molecule has 0 fully saturated rings. The molecule has 0 amide bonds. The first kappa shape index (κ1) is 9.77. The predicted molar refractivity (Wildman–Crippen MR) is 54.6 cm³/mol. The summed E-state index contributed by atoms with van der Waals surface area (Å²) < 4.78 is 0. The molecule has 1 unspecified atom stereocenters. The fourth-order valence-electron chi connectivity index (χ4n) is 1.00. The fourth-order valence-corrected chi connectivity index (χ4v) is 1.00. The lowest BCUT2D eigenvalue weighted by molar-refractivity contribution is 0.649. The van der Waals surface area contributed by atoms with Crippen molar-refractivity contribution in [1.82, 2.24) is 9.97 Å². The Morgan fingerprint density at radius 2 is 2.31 bits per heavy atom. The quantitative estimate of drug-likeness (QED) is 0.761. The monoisotopic (exact) mass is 180 g/mol. The predicted octanol–water partition coefficient (Wildman–Crippen LogP) is 1.29. The smallest absolute Gasteiger partial charge is 0.227 e. The van der Waals surface area contributed by atoms with Gasteiger partial charge < -0.3 is 10.6 Å². The third-order valence-electron chi connectivity index (χ3n) is 2.23. The Balaban J connectivity index is 2.82. The van der Waals surface area contributed by atoms with Gasteiger partial charge in [0.2, 0.25) is 5.95 Å². The lowest BCUT2D eigenvalue weighted by Crippen LogP contribution is -2.29. The Bertz CT molecular complexity index is 274. The minimum absolute atomic E-state index is 0.432. The van der Waals surface area contributed by atoms with Gasteiger partial charge in [0.25, 0.3) is 0 Å². The van der Waals surface area contributed by atoms with Crippen LogP contribution in [0, 0.1) is 0 Å². The van der Waals surface area contributed by atoms with Gasteiger partial charge in [0.05, 0.1) is 0 Å². The van der Waals surface area contributed by atoms with E-state index in [-0.39, 0.29) is 0 Å². The van der Waals surface area contributed by atoms with Gasteiger partial charge in [0, 0.05) is 19.3 Å². The van der Waals surface area contributed by atoms with Crippen LogP contribution >= 0.6 is 0 Å². The van der Waals surface area contributed by atoms with Crippen LogP contribution in [-0.2, 0) is 0 Å². The van der Waals surface area contributed by atoms with E-state index < -0.39 is 0 Å². The minimum Gasteiger partial charge on any atom is -0.384 e. The molecule has 1 aromatic rings. The average molecular weight is 180 g/mol. The molecule has 2 N–H and O–H groups in total. The molecular formula is C9H16N4. The summed E-state index contributed by atoms with van der Waals surface area (Å²) in [6.45, 7) is 4.26. The highest BCUT2D eigenvalue weighted by molar-refractivity contribution is 5.37. The van der Waals surface area contributed by atoms with E-state index in [0.717, 1.165) is 6.42 Å². The van der Waals surface area contributed by atoms with Crippen molar-refractivity contribution < 1.29 is 0 Å². The summed E-state index contributed by atoms with van der Waals surface area (Å²) in [5, 5.41) is 0. The second-order valence-electron chi connectivity index (χ2n) is 3.15. The standard InChI is InChI=1S/C9H16N4/c1-4-7(2)13(3)9-11-6-5-8(10)12-9/h5-7H,4H2,1-3H3,(H2,10,11,12). The van der Waals surface area contributed by atoms with E-state index in [9.17, 15) is 0 Å². The van der Waals surface area contributed by atoms with E-state index >= 15 is 0 Å². The molecule has 1 atom stereocenters. The van der Waals surface area contributed by atoms with Crippen LogP contribution < -0.4 is 10.6 Å². The molecule has 1 heterocycles. The van der Waals surface area contributed by atoms with Crippen LogP contribution in [0.4, 0.5) is 11.8 Å². The molecular weight excluding hydrogens is 164 g/mol. The molecule has 0 bridgehead atoms. The molecule has 0 spiro atoms. The minimum atomic E-state index is 0.432. The van der Waals surface area contributed by atoms with Crippen molar-refractivity contribution in [3.05, 3.63) is 12.3 Å². The molecule has 0 aromatic carbocycles. The molecule has 0 radical (unpaired) electrons. The summed E-state index contributed by atoms with van der Waals surface area (Å²) in [7, 11) is 1.98. The Morgan fingerprint density at radius 3 is 2.85 bits per heavy atom. The van der Waals surface area contributed by atoms with Crippen LogP contribution in [0.5, 0.6) is 0 Å². The van der Waals surface area contributed by atoms with Crippen molar-refractivity contribution >= 4 is 11.8 Å². The van der Waals surface area contributed by atoms with Crippen LogP contribution in [0.2, 0.25) is 0 Å². The average Bonchev–Trinajstić information content (AvgIpc) is 2.15. The lowest BCUT2D eigenvalue weighted by Gasteiger charge is -2.23. The third-order valence-corrected chi connectivity index (χ3v) is 2.23. The lowest BCUT2D eigenvalue weighted by atomic mass is 10.2. The highest BCUT2D eigenvalue weighted by atomic mass is 15.3. The number of rotatable bonds is 3. The summed E-state index contributed by atoms with van der Waals surface area (Å²) in [6.07, 6.45) is 2.74. The van der Waals surface area contributed by atoms with Gasteiger partial charge in [0.1, 0.15) is 5.82 Å². The molecule has 0 aliphatic rings. The van der Waals surface area contributed by atoms with Crippen molar-refractivity contribution in [2.24, 2.45) is 0 Å². The maximum absolute atomic E-state index is 5.56. The van der Waals surface area contributed by atoms with Gasteiger partial charge in [-0.05, 0) is 19.4 Å². The highest BCUT2D eigenvalue weighted by Crippen LogP contribution is 2.11. The first-order chi connectivity index (χ1) is 6.15. The maximum atomic E-state index is 5.56. The number of nitrogens with zero attached hydrogens (tertiary/aromatic N) is 3. The van der Waals surface area contributed by atoms with E-state index in [1.54, 1.807) is 12.3 Å². The van der Waals surface area contributed by atoms with Gasteiger partial charge in [-0.2, -0.15) is 4.98 Å².